The van der Waals surface area contributed by atoms with Crippen molar-refractivity contribution in [3.05, 3.63) is 35.8 Å². The number of thioether (sulfide) groups is 1. The van der Waals surface area contributed by atoms with Crippen LogP contribution in [0.25, 0.3) is 0 Å². The molecular formula is C15H20N2O3S. The first kappa shape index (κ1) is 10.2. The molecule has 1 amide bonds. The zero-order valence-electron chi connectivity index (χ0n) is 16.7. The molecule has 3 N–H and O–H groups in total. The Bertz CT molecular complexity index is 730. The van der Waals surface area contributed by atoms with Crippen LogP contribution in [0.3, 0.4) is 0 Å². The lowest BCUT2D eigenvalue weighted by atomic mass is 10.0. The first-order chi connectivity index (χ1) is 12.0. The SMILES string of the molecule is [2H]c1c([2H])c([2H])c(CC(=O)NCC2N[C@@H](C(=O)O)C(C)(C)S2)c([2H])c1[2H]. The highest BCUT2D eigenvalue weighted by Gasteiger charge is 2.44. The summed E-state index contributed by atoms with van der Waals surface area (Å²) < 4.78 is 37.9. The molecule has 0 bridgehead atoms. The van der Waals surface area contributed by atoms with Crippen LogP contribution in [0.15, 0.2) is 30.2 Å². The van der Waals surface area contributed by atoms with E-state index in [0.29, 0.717) is 0 Å². The minimum Gasteiger partial charge on any atom is -0.480 e. The third kappa shape index (κ3) is 4.22. The lowest BCUT2D eigenvalue weighted by Crippen LogP contribution is -2.46. The van der Waals surface area contributed by atoms with Crippen molar-refractivity contribution in [1.82, 2.24) is 10.6 Å². The molecule has 2 rings (SSSR count). The van der Waals surface area contributed by atoms with Crippen molar-refractivity contribution in [3.8, 4) is 0 Å². The average molecular weight is 313 g/mol. The van der Waals surface area contributed by atoms with E-state index < -0.39 is 52.9 Å². The Hall–Kier alpha value is -1.53. The monoisotopic (exact) mass is 313 g/mol. The van der Waals surface area contributed by atoms with E-state index in [-0.39, 0.29) is 23.9 Å². The summed E-state index contributed by atoms with van der Waals surface area (Å²) in [6.07, 6.45) is -0.348. The van der Waals surface area contributed by atoms with Crippen LogP contribution in [-0.4, -0.2) is 39.7 Å². The van der Waals surface area contributed by atoms with E-state index >= 15 is 0 Å². The number of carboxylic acids is 1. The number of hydrogen-bond acceptors (Lipinski definition) is 4. The Balaban J connectivity index is 2.02. The maximum atomic E-state index is 12.2. The number of amides is 1. The number of carboxylic acid groups (broad SMARTS) is 1. The largest absolute Gasteiger partial charge is 0.480 e. The van der Waals surface area contributed by atoms with E-state index in [0.717, 1.165) is 0 Å². The van der Waals surface area contributed by atoms with Crippen molar-refractivity contribution >= 4 is 23.6 Å². The van der Waals surface area contributed by atoms with E-state index in [1.54, 1.807) is 13.8 Å². The highest BCUT2D eigenvalue weighted by Crippen LogP contribution is 2.37. The van der Waals surface area contributed by atoms with Gasteiger partial charge in [-0.15, -0.1) is 11.8 Å². The molecule has 1 unspecified atom stereocenters. The molecule has 0 radical (unpaired) electrons. The van der Waals surface area contributed by atoms with Gasteiger partial charge < -0.3 is 10.4 Å². The van der Waals surface area contributed by atoms with Gasteiger partial charge in [0.1, 0.15) is 6.04 Å². The second kappa shape index (κ2) is 6.49. The first-order valence-corrected chi connectivity index (χ1v) is 7.32. The lowest BCUT2D eigenvalue weighted by molar-refractivity contribution is -0.139. The van der Waals surface area contributed by atoms with Crippen LogP contribution in [0.5, 0.6) is 0 Å². The van der Waals surface area contributed by atoms with Gasteiger partial charge in [-0.25, -0.2) is 0 Å². The molecule has 6 heteroatoms. The van der Waals surface area contributed by atoms with Crippen LogP contribution in [0, 0.1) is 0 Å². The number of aliphatic carboxylic acids is 1. The first-order valence-electron chi connectivity index (χ1n) is 8.95. The van der Waals surface area contributed by atoms with Gasteiger partial charge in [0, 0.05) is 11.3 Å². The van der Waals surface area contributed by atoms with Crippen LogP contribution in [0.4, 0.5) is 0 Å². The van der Waals surface area contributed by atoms with E-state index in [1.807, 2.05) is 0 Å². The highest BCUT2D eigenvalue weighted by atomic mass is 32.2. The smallest absolute Gasteiger partial charge is 0.322 e. The molecule has 1 aromatic carbocycles. The fourth-order valence-electron chi connectivity index (χ4n) is 2.12. The summed E-state index contributed by atoms with van der Waals surface area (Å²) in [5, 5.41) is 14.5. The Kier molecular flexibility index (Phi) is 3.16. The van der Waals surface area contributed by atoms with Gasteiger partial charge in [0.15, 0.2) is 0 Å². The van der Waals surface area contributed by atoms with Gasteiger partial charge >= 0.3 is 5.97 Å². The third-order valence-electron chi connectivity index (χ3n) is 3.11. The van der Waals surface area contributed by atoms with Crippen molar-refractivity contribution in [2.45, 2.75) is 36.4 Å². The Labute approximate surface area is 135 Å². The maximum absolute atomic E-state index is 12.2. The summed E-state index contributed by atoms with van der Waals surface area (Å²) in [6.45, 7) is 3.77. The van der Waals surface area contributed by atoms with E-state index in [4.69, 9.17) is 6.85 Å². The summed E-state index contributed by atoms with van der Waals surface area (Å²) in [6, 6.07) is -2.99. The van der Waals surface area contributed by atoms with E-state index in [1.165, 1.54) is 11.8 Å². The minimum absolute atomic E-state index is 0.0655. The van der Waals surface area contributed by atoms with Crippen LogP contribution < -0.4 is 10.6 Å². The zero-order valence-corrected chi connectivity index (χ0v) is 12.6. The van der Waals surface area contributed by atoms with Gasteiger partial charge in [0.25, 0.3) is 0 Å². The van der Waals surface area contributed by atoms with Gasteiger partial charge in [-0.1, -0.05) is 30.2 Å². The predicted molar refractivity (Wildman–Crippen MR) is 83.2 cm³/mol. The summed E-state index contributed by atoms with van der Waals surface area (Å²) in [5.41, 5.74) is -0.0655. The normalized spacial score (nSPS) is 27.0. The van der Waals surface area contributed by atoms with Gasteiger partial charge in [0.2, 0.25) is 5.91 Å². The van der Waals surface area contributed by atoms with Crippen molar-refractivity contribution in [2.75, 3.05) is 6.54 Å². The summed E-state index contributed by atoms with van der Waals surface area (Å²) in [5.74, 6) is -1.46. The van der Waals surface area contributed by atoms with Crippen LogP contribution >= 0.6 is 11.8 Å². The van der Waals surface area contributed by atoms with Crippen LogP contribution in [0.1, 0.15) is 26.3 Å². The molecule has 1 fully saturated rings. The Morgan fingerprint density at radius 2 is 2.10 bits per heavy atom. The summed E-state index contributed by atoms with van der Waals surface area (Å²) in [4.78, 5) is 23.4. The summed E-state index contributed by atoms with van der Waals surface area (Å²) >= 11 is 1.40. The molecule has 1 aromatic rings. The molecule has 1 heterocycles. The lowest BCUT2D eigenvalue weighted by Gasteiger charge is -2.20. The van der Waals surface area contributed by atoms with Crippen LogP contribution in [-0.2, 0) is 16.0 Å². The van der Waals surface area contributed by atoms with Crippen LogP contribution in [0.2, 0.25) is 0 Å². The summed E-state index contributed by atoms with van der Waals surface area (Å²) in [7, 11) is 0. The Morgan fingerprint density at radius 1 is 1.43 bits per heavy atom. The second-order valence-corrected chi connectivity index (χ2v) is 7.09. The minimum atomic E-state index is -0.963. The molecule has 0 saturated carbocycles. The van der Waals surface area contributed by atoms with Gasteiger partial charge in [-0.05, 0) is 19.4 Å². The standard InChI is InChI=1S/C15H20N2O3S/c1-15(2)13(14(19)20)17-12(21-15)9-16-11(18)8-10-6-4-3-5-7-10/h3-7,12-13,17H,8-9H2,1-2H3,(H,16,18)(H,19,20)/t12?,13-/m0/s1/i3D,4D,5D,6D,7D. The number of hydrogen-bond donors (Lipinski definition) is 3. The second-order valence-electron chi connectivity index (χ2n) is 5.23. The number of rotatable bonds is 5. The number of carbonyl (C=O) groups is 2. The van der Waals surface area contributed by atoms with E-state index in [9.17, 15) is 14.7 Å². The highest BCUT2D eigenvalue weighted by molar-refractivity contribution is 8.01. The van der Waals surface area contributed by atoms with Crippen molar-refractivity contribution in [2.24, 2.45) is 0 Å². The number of carbonyl (C=O) groups excluding carboxylic acids is 1. The molecule has 1 aliphatic heterocycles. The Morgan fingerprint density at radius 3 is 2.67 bits per heavy atom. The van der Waals surface area contributed by atoms with Gasteiger partial charge in [-0.3, -0.25) is 14.9 Å². The fourth-order valence-corrected chi connectivity index (χ4v) is 3.53. The number of nitrogens with one attached hydrogen (secondary N) is 2. The fraction of sp³-hybridized carbons (Fsp3) is 0.467. The molecular weight excluding hydrogens is 288 g/mol. The maximum Gasteiger partial charge on any atom is 0.322 e. The predicted octanol–water partition coefficient (Wildman–Crippen LogP) is 1.24. The topological polar surface area (TPSA) is 78.4 Å². The number of benzene rings is 1. The molecule has 5 nitrogen and oxygen atoms in total. The molecule has 0 aliphatic carbocycles. The quantitative estimate of drug-likeness (QED) is 0.762. The molecule has 114 valence electrons. The molecule has 0 spiro atoms. The molecule has 1 aliphatic rings. The van der Waals surface area contributed by atoms with Crippen molar-refractivity contribution < 1.29 is 21.5 Å². The zero-order chi connectivity index (χ0) is 19.8. The molecule has 0 aromatic heterocycles. The van der Waals surface area contributed by atoms with Crippen molar-refractivity contribution in [3.63, 3.8) is 0 Å². The molecule has 2 atom stereocenters. The molecule has 1 saturated heterocycles. The van der Waals surface area contributed by atoms with Gasteiger partial charge in [0.05, 0.1) is 18.6 Å². The average Bonchev–Trinajstić information content (AvgIpc) is 2.88. The van der Waals surface area contributed by atoms with Gasteiger partial charge in [-0.2, -0.15) is 0 Å². The molecule has 21 heavy (non-hydrogen) atoms. The van der Waals surface area contributed by atoms with Crippen molar-refractivity contribution in [1.29, 1.82) is 0 Å². The third-order valence-corrected chi connectivity index (χ3v) is 4.54. The van der Waals surface area contributed by atoms with E-state index in [2.05, 4.69) is 10.6 Å².